The van der Waals surface area contributed by atoms with E-state index in [0.717, 1.165) is 18.7 Å². The van der Waals surface area contributed by atoms with Crippen molar-refractivity contribution in [3.8, 4) is 0 Å². The van der Waals surface area contributed by atoms with Gasteiger partial charge in [-0.2, -0.15) is 0 Å². The molecular formula is C15H29N3O3. The van der Waals surface area contributed by atoms with Gasteiger partial charge in [-0.25, -0.2) is 0 Å². The van der Waals surface area contributed by atoms with E-state index in [1.165, 1.54) is 32.1 Å². The van der Waals surface area contributed by atoms with Gasteiger partial charge >= 0.3 is 0 Å². The predicted molar refractivity (Wildman–Crippen MR) is 81.0 cm³/mol. The largest absolute Gasteiger partial charge is 0.394 e. The topological polar surface area (TPSA) is 69.4 Å². The lowest BCUT2D eigenvalue weighted by molar-refractivity contribution is 0.0265. The van der Waals surface area contributed by atoms with Crippen molar-refractivity contribution in [3.63, 3.8) is 0 Å². The van der Waals surface area contributed by atoms with Gasteiger partial charge in [0.2, 0.25) is 0 Å². The summed E-state index contributed by atoms with van der Waals surface area (Å²) < 4.78 is 12.4. The maximum Gasteiger partial charge on any atom is 0.108 e. The molecule has 1 rings (SSSR count). The molecule has 0 spiro atoms. The Morgan fingerprint density at radius 2 is 1.81 bits per heavy atom. The number of aryl methyl sites for hydroxylation is 1. The van der Waals surface area contributed by atoms with E-state index in [4.69, 9.17) is 14.6 Å². The third-order valence-corrected chi connectivity index (χ3v) is 3.18. The number of aromatic nitrogens is 3. The summed E-state index contributed by atoms with van der Waals surface area (Å²) in [4.78, 5) is 0. The van der Waals surface area contributed by atoms with Gasteiger partial charge in [-0.3, -0.25) is 4.68 Å². The van der Waals surface area contributed by atoms with E-state index in [1.807, 2.05) is 10.9 Å². The van der Waals surface area contributed by atoms with Crippen molar-refractivity contribution in [3.05, 3.63) is 11.9 Å². The molecule has 122 valence electrons. The molecule has 0 aromatic carbocycles. The first-order valence-electron chi connectivity index (χ1n) is 8.02. The van der Waals surface area contributed by atoms with Gasteiger partial charge in [-0.05, 0) is 6.42 Å². The Morgan fingerprint density at radius 3 is 2.62 bits per heavy atom. The van der Waals surface area contributed by atoms with Gasteiger partial charge in [0.15, 0.2) is 0 Å². The second kappa shape index (κ2) is 12.7. The highest BCUT2D eigenvalue weighted by Crippen LogP contribution is 2.06. The number of aliphatic hydroxyl groups is 1. The first-order chi connectivity index (χ1) is 10.4. The molecule has 0 aliphatic rings. The Morgan fingerprint density at radius 1 is 1.05 bits per heavy atom. The van der Waals surface area contributed by atoms with Crippen LogP contribution < -0.4 is 0 Å². The monoisotopic (exact) mass is 299 g/mol. The van der Waals surface area contributed by atoms with Crippen LogP contribution in [0.3, 0.4) is 0 Å². The summed E-state index contributed by atoms with van der Waals surface area (Å²) in [6.45, 7) is 5.02. The van der Waals surface area contributed by atoms with Gasteiger partial charge in [-0.1, -0.05) is 44.2 Å². The molecule has 1 N–H and O–H groups in total. The fourth-order valence-electron chi connectivity index (χ4n) is 2.03. The van der Waals surface area contributed by atoms with E-state index in [-0.39, 0.29) is 6.61 Å². The molecule has 0 fully saturated rings. The maximum atomic E-state index is 8.55. The number of hydrogen-bond donors (Lipinski definition) is 1. The van der Waals surface area contributed by atoms with Crippen LogP contribution in [0.2, 0.25) is 0 Å². The second-order valence-electron chi connectivity index (χ2n) is 5.13. The molecule has 1 heterocycles. The molecule has 0 atom stereocenters. The van der Waals surface area contributed by atoms with Crippen molar-refractivity contribution < 1.29 is 14.6 Å². The van der Waals surface area contributed by atoms with Gasteiger partial charge in [-0.15, -0.1) is 5.10 Å². The van der Waals surface area contributed by atoms with Gasteiger partial charge in [0.1, 0.15) is 5.69 Å². The van der Waals surface area contributed by atoms with Crippen LogP contribution >= 0.6 is 0 Å². The van der Waals surface area contributed by atoms with Crippen molar-refractivity contribution >= 4 is 0 Å². The van der Waals surface area contributed by atoms with Gasteiger partial charge in [0, 0.05) is 6.54 Å². The fraction of sp³-hybridized carbons (Fsp3) is 0.867. The zero-order chi connectivity index (χ0) is 15.2. The first kappa shape index (κ1) is 18.1. The number of ether oxygens (including phenoxy) is 2. The SMILES string of the molecule is CCCCCCCCn1cc(COCCOCCO)nn1. The molecule has 0 aliphatic heterocycles. The highest BCUT2D eigenvalue weighted by atomic mass is 16.5. The third-order valence-electron chi connectivity index (χ3n) is 3.18. The minimum absolute atomic E-state index is 0.0484. The molecule has 1 aromatic rings. The van der Waals surface area contributed by atoms with E-state index < -0.39 is 0 Å². The van der Waals surface area contributed by atoms with Gasteiger partial charge in [0.25, 0.3) is 0 Å². The fourth-order valence-corrected chi connectivity index (χ4v) is 2.03. The summed E-state index contributed by atoms with van der Waals surface area (Å²) in [7, 11) is 0. The van der Waals surface area contributed by atoms with E-state index in [9.17, 15) is 0 Å². The maximum absolute atomic E-state index is 8.55. The van der Waals surface area contributed by atoms with Crippen LogP contribution in [0.25, 0.3) is 0 Å². The number of aliphatic hydroxyl groups excluding tert-OH is 1. The molecule has 0 radical (unpaired) electrons. The normalized spacial score (nSPS) is 11.1. The summed E-state index contributed by atoms with van der Waals surface area (Å²) in [5.41, 5.74) is 0.850. The van der Waals surface area contributed by atoms with Gasteiger partial charge < -0.3 is 14.6 Å². The smallest absolute Gasteiger partial charge is 0.108 e. The third kappa shape index (κ3) is 9.55. The standard InChI is InChI=1S/C15H29N3O3/c1-2-3-4-5-6-7-8-18-13-15(16-17-18)14-21-12-11-20-10-9-19/h13,19H,2-12,14H2,1H3. The van der Waals surface area contributed by atoms with Crippen molar-refractivity contribution in [1.29, 1.82) is 0 Å². The molecule has 0 bridgehead atoms. The summed E-state index contributed by atoms with van der Waals surface area (Å²) in [5.74, 6) is 0. The Balaban J connectivity index is 2.01. The zero-order valence-corrected chi connectivity index (χ0v) is 13.2. The molecule has 0 aliphatic carbocycles. The average molecular weight is 299 g/mol. The highest BCUT2D eigenvalue weighted by molar-refractivity contribution is 4.89. The Hall–Kier alpha value is -0.980. The number of nitrogens with zero attached hydrogens (tertiary/aromatic N) is 3. The van der Waals surface area contributed by atoms with E-state index in [2.05, 4.69) is 17.2 Å². The molecule has 0 unspecified atom stereocenters. The lowest BCUT2D eigenvalue weighted by Crippen LogP contribution is -2.07. The molecule has 0 saturated carbocycles. The number of hydrogen-bond acceptors (Lipinski definition) is 5. The first-order valence-corrected chi connectivity index (χ1v) is 8.02. The minimum atomic E-state index is 0.0484. The van der Waals surface area contributed by atoms with Crippen LogP contribution in [0.5, 0.6) is 0 Å². The summed E-state index contributed by atoms with van der Waals surface area (Å²) in [5, 5.41) is 16.7. The van der Waals surface area contributed by atoms with Crippen molar-refractivity contribution in [2.45, 2.75) is 58.6 Å². The predicted octanol–water partition coefficient (Wildman–Crippen LogP) is 2.16. The van der Waals surface area contributed by atoms with Crippen LogP contribution in [0.4, 0.5) is 0 Å². The average Bonchev–Trinajstić information content (AvgIpc) is 2.94. The second-order valence-corrected chi connectivity index (χ2v) is 5.13. The highest BCUT2D eigenvalue weighted by Gasteiger charge is 2.01. The van der Waals surface area contributed by atoms with Crippen LogP contribution in [-0.2, 0) is 22.6 Å². The molecule has 21 heavy (non-hydrogen) atoms. The van der Waals surface area contributed by atoms with E-state index in [0.29, 0.717) is 26.4 Å². The summed E-state index contributed by atoms with van der Waals surface area (Å²) in [6, 6.07) is 0. The lowest BCUT2D eigenvalue weighted by atomic mass is 10.1. The molecule has 1 aromatic heterocycles. The number of rotatable bonds is 14. The summed E-state index contributed by atoms with van der Waals surface area (Å²) in [6.07, 6.45) is 9.64. The summed E-state index contributed by atoms with van der Waals surface area (Å²) >= 11 is 0. The number of unbranched alkanes of at least 4 members (excludes halogenated alkanes) is 5. The Bertz CT molecular complexity index is 314. The zero-order valence-electron chi connectivity index (χ0n) is 13.2. The molecule has 0 saturated heterocycles. The van der Waals surface area contributed by atoms with Crippen LogP contribution in [0.1, 0.15) is 51.1 Å². The van der Waals surface area contributed by atoms with E-state index in [1.54, 1.807) is 0 Å². The molecule has 6 nitrogen and oxygen atoms in total. The van der Waals surface area contributed by atoms with Crippen molar-refractivity contribution in [2.24, 2.45) is 0 Å². The van der Waals surface area contributed by atoms with Crippen molar-refractivity contribution in [2.75, 3.05) is 26.4 Å². The molecule has 0 amide bonds. The molecular weight excluding hydrogens is 270 g/mol. The van der Waals surface area contributed by atoms with Crippen LogP contribution in [0.15, 0.2) is 6.20 Å². The Labute approximate surface area is 127 Å². The van der Waals surface area contributed by atoms with E-state index >= 15 is 0 Å². The molecule has 6 heteroatoms. The van der Waals surface area contributed by atoms with Crippen LogP contribution in [-0.4, -0.2) is 46.5 Å². The van der Waals surface area contributed by atoms with Crippen LogP contribution in [0, 0.1) is 0 Å². The lowest BCUT2D eigenvalue weighted by Gasteiger charge is -2.02. The van der Waals surface area contributed by atoms with Crippen molar-refractivity contribution in [1.82, 2.24) is 15.0 Å². The minimum Gasteiger partial charge on any atom is -0.394 e. The quantitative estimate of drug-likeness (QED) is 0.533. The Kier molecular flexibility index (Phi) is 11.0. The van der Waals surface area contributed by atoms with Gasteiger partial charge in [0.05, 0.1) is 39.2 Å².